The number of halogens is 1. The summed E-state index contributed by atoms with van der Waals surface area (Å²) in [6, 6.07) is -0.373. The zero-order chi connectivity index (χ0) is 12.3. The number of nitrogens with zero attached hydrogens (tertiary/aromatic N) is 4. The summed E-state index contributed by atoms with van der Waals surface area (Å²) in [4.78, 5) is 0. The Morgan fingerprint density at radius 1 is 1.59 bits per heavy atom. The van der Waals surface area contributed by atoms with Crippen molar-refractivity contribution in [2.45, 2.75) is 12.6 Å². The second-order valence-corrected chi connectivity index (χ2v) is 4.32. The van der Waals surface area contributed by atoms with E-state index >= 15 is 0 Å². The predicted molar refractivity (Wildman–Crippen MR) is 64.2 cm³/mol. The fourth-order valence-electron chi connectivity index (χ4n) is 1.54. The smallest absolute Gasteiger partial charge is 0.105 e. The number of aromatic amines is 1. The van der Waals surface area contributed by atoms with Gasteiger partial charge in [-0.25, -0.2) is 0 Å². The van der Waals surface area contributed by atoms with Gasteiger partial charge in [0.25, 0.3) is 0 Å². The van der Waals surface area contributed by atoms with Crippen LogP contribution >= 0.6 is 15.9 Å². The molecule has 0 saturated carbocycles. The van der Waals surface area contributed by atoms with Gasteiger partial charge in [-0.05, 0) is 15.9 Å². The average molecular weight is 301 g/mol. The number of rotatable bonds is 5. The SMILES string of the molecule is COCCn1ncc(Br)c1C(N)c1cn[nH]n1. The number of hydrogen-bond donors (Lipinski definition) is 2. The van der Waals surface area contributed by atoms with Crippen LogP contribution in [0.1, 0.15) is 17.4 Å². The van der Waals surface area contributed by atoms with Crippen molar-refractivity contribution in [2.24, 2.45) is 5.73 Å². The van der Waals surface area contributed by atoms with Crippen LogP contribution in [0.4, 0.5) is 0 Å². The minimum atomic E-state index is -0.373. The predicted octanol–water partition coefficient (Wildman–Crippen LogP) is 0.458. The Bertz CT molecular complexity index is 468. The molecule has 2 rings (SSSR count). The molecule has 2 aromatic heterocycles. The van der Waals surface area contributed by atoms with E-state index in [-0.39, 0.29) is 6.04 Å². The summed E-state index contributed by atoms with van der Waals surface area (Å²) in [5.74, 6) is 0. The van der Waals surface area contributed by atoms with Crippen LogP contribution in [0.2, 0.25) is 0 Å². The molecule has 0 saturated heterocycles. The van der Waals surface area contributed by atoms with Crippen molar-refractivity contribution in [3.63, 3.8) is 0 Å². The molecule has 0 aliphatic rings. The standard InChI is InChI=1S/C9H13BrN6O/c1-17-3-2-16-9(6(10)4-13-16)8(11)7-5-12-15-14-7/h4-5,8H,2-3,11H2,1H3,(H,12,14,15). The lowest BCUT2D eigenvalue weighted by Crippen LogP contribution is -2.20. The first-order valence-electron chi connectivity index (χ1n) is 5.05. The van der Waals surface area contributed by atoms with Gasteiger partial charge in [0.05, 0.1) is 41.8 Å². The van der Waals surface area contributed by atoms with Crippen molar-refractivity contribution in [1.82, 2.24) is 25.2 Å². The van der Waals surface area contributed by atoms with E-state index in [1.165, 1.54) is 0 Å². The van der Waals surface area contributed by atoms with Crippen LogP contribution in [0.3, 0.4) is 0 Å². The van der Waals surface area contributed by atoms with Crippen LogP contribution in [0.25, 0.3) is 0 Å². The van der Waals surface area contributed by atoms with Crippen molar-refractivity contribution in [2.75, 3.05) is 13.7 Å². The third-order valence-corrected chi connectivity index (χ3v) is 3.00. The van der Waals surface area contributed by atoms with E-state index in [2.05, 4.69) is 36.4 Å². The molecule has 0 aliphatic carbocycles. The molecule has 0 aliphatic heterocycles. The quantitative estimate of drug-likeness (QED) is 0.836. The summed E-state index contributed by atoms with van der Waals surface area (Å²) < 4.78 is 7.68. The molecule has 7 nitrogen and oxygen atoms in total. The van der Waals surface area contributed by atoms with Crippen molar-refractivity contribution in [3.05, 3.63) is 28.3 Å². The molecule has 92 valence electrons. The van der Waals surface area contributed by atoms with E-state index in [9.17, 15) is 0 Å². The van der Waals surface area contributed by atoms with E-state index in [1.54, 1.807) is 24.2 Å². The third kappa shape index (κ3) is 2.54. The fourth-order valence-corrected chi connectivity index (χ4v) is 2.08. The lowest BCUT2D eigenvalue weighted by Gasteiger charge is -2.12. The van der Waals surface area contributed by atoms with Crippen LogP contribution in [0, 0.1) is 0 Å². The molecule has 8 heteroatoms. The molecule has 0 fully saturated rings. The molecule has 1 atom stereocenters. The maximum absolute atomic E-state index is 6.12. The summed E-state index contributed by atoms with van der Waals surface area (Å²) in [5, 5.41) is 14.5. The van der Waals surface area contributed by atoms with E-state index in [1.807, 2.05) is 0 Å². The minimum Gasteiger partial charge on any atom is -0.383 e. The number of hydrogen-bond acceptors (Lipinski definition) is 5. The molecule has 2 aromatic rings. The normalized spacial score (nSPS) is 12.9. The van der Waals surface area contributed by atoms with Crippen molar-refractivity contribution in [1.29, 1.82) is 0 Å². The maximum Gasteiger partial charge on any atom is 0.105 e. The Morgan fingerprint density at radius 2 is 2.41 bits per heavy atom. The molecule has 3 N–H and O–H groups in total. The van der Waals surface area contributed by atoms with Gasteiger partial charge in [0, 0.05) is 7.11 Å². The first-order chi connectivity index (χ1) is 8.24. The first-order valence-corrected chi connectivity index (χ1v) is 5.84. The molecule has 17 heavy (non-hydrogen) atoms. The van der Waals surface area contributed by atoms with Crippen LogP contribution in [-0.2, 0) is 11.3 Å². The summed E-state index contributed by atoms with van der Waals surface area (Å²) >= 11 is 3.43. The number of methoxy groups -OCH3 is 1. The molecule has 2 heterocycles. The molecule has 0 radical (unpaired) electrons. The average Bonchev–Trinajstić information content (AvgIpc) is 2.95. The van der Waals surface area contributed by atoms with Gasteiger partial charge in [-0.15, -0.1) is 0 Å². The van der Waals surface area contributed by atoms with E-state index in [0.717, 1.165) is 10.2 Å². The Kier molecular flexibility index (Phi) is 3.87. The van der Waals surface area contributed by atoms with Gasteiger partial charge >= 0.3 is 0 Å². The Labute approximate surface area is 106 Å². The molecule has 0 spiro atoms. The van der Waals surface area contributed by atoms with Gasteiger partial charge < -0.3 is 10.5 Å². The second kappa shape index (κ2) is 5.39. The van der Waals surface area contributed by atoms with Crippen molar-refractivity contribution < 1.29 is 4.74 Å². The number of nitrogens with two attached hydrogens (primary N) is 1. The third-order valence-electron chi connectivity index (χ3n) is 2.39. The number of H-pyrrole nitrogens is 1. The fraction of sp³-hybridized carbons (Fsp3) is 0.444. The second-order valence-electron chi connectivity index (χ2n) is 3.47. The highest BCUT2D eigenvalue weighted by Crippen LogP contribution is 2.25. The highest BCUT2D eigenvalue weighted by atomic mass is 79.9. The zero-order valence-electron chi connectivity index (χ0n) is 9.30. The number of aromatic nitrogens is 5. The van der Waals surface area contributed by atoms with Gasteiger partial charge in [0.2, 0.25) is 0 Å². The largest absolute Gasteiger partial charge is 0.383 e. The summed E-state index contributed by atoms with van der Waals surface area (Å²) in [7, 11) is 1.65. The van der Waals surface area contributed by atoms with Gasteiger partial charge in [-0.3, -0.25) is 4.68 Å². The number of nitrogens with one attached hydrogen (secondary N) is 1. The topological polar surface area (TPSA) is 94.6 Å². The van der Waals surface area contributed by atoms with Gasteiger partial charge in [-0.1, -0.05) is 0 Å². The Morgan fingerprint density at radius 3 is 3.06 bits per heavy atom. The van der Waals surface area contributed by atoms with E-state index < -0.39 is 0 Å². The summed E-state index contributed by atoms with van der Waals surface area (Å²) in [5.41, 5.74) is 7.65. The summed E-state index contributed by atoms with van der Waals surface area (Å²) in [6.45, 7) is 1.22. The van der Waals surface area contributed by atoms with Crippen LogP contribution < -0.4 is 5.73 Å². The maximum atomic E-state index is 6.12. The lowest BCUT2D eigenvalue weighted by atomic mass is 10.1. The van der Waals surface area contributed by atoms with Crippen molar-refractivity contribution in [3.8, 4) is 0 Å². The highest BCUT2D eigenvalue weighted by molar-refractivity contribution is 9.10. The number of ether oxygens (including phenoxy) is 1. The Balaban J connectivity index is 2.27. The van der Waals surface area contributed by atoms with Crippen LogP contribution in [0.15, 0.2) is 16.9 Å². The van der Waals surface area contributed by atoms with Crippen molar-refractivity contribution >= 4 is 15.9 Å². The van der Waals surface area contributed by atoms with Crippen LogP contribution in [-0.4, -0.2) is 38.9 Å². The van der Waals surface area contributed by atoms with Gasteiger partial charge in [0.1, 0.15) is 5.69 Å². The molecule has 0 bridgehead atoms. The lowest BCUT2D eigenvalue weighted by molar-refractivity contribution is 0.182. The van der Waals surface area contributed by atoms with Gasteiger partial charge in [0.15, 0.2) is 0 Å². The zero-order valence-corrected chi connectivity index (χ0v) is 10.9. The first kappa shape index (κ1) is 12.2. The van der Waals surface area contributed by atoms with Gasteiger partial charge in [-0.2, -0.15) is 20.5 Å². The monoisotopic (exact) mass is 300 g/mol. The molecular formula is C9H13BrN6O. The summed E-state index contributed by atoms with van der Waals surface area (Å²) in [6.07, 6.45) is 3.32. The Hall–Kier alpha value is -1.25. The minimum absolute atomic E-state index is 0.373. The molecule has 0 aromatic carbocycles. The molecular weight excluding hydrogens is 288 g/mol. The van der Waals surface area contributed by atoms with Crippen LogP contribution in [0.5, 0.6) is 0 Å². The highest BCUT2D eigenvalue weighted by Gasteiger charge is 2.20. The van der Waals surface area contributed by atoms with E-state index in [4.69, 9.17) is 10.5 Å². The van der Waals surface area contributed by atoms with E-state index in [0.29, 0.717) is 18.8 Å². The molecule has 1 unspecified atom stereocenters. The molecule has 0 amide bonds.